The number of rotatable bonds is 3. The van der Waals surface area contributed by atoms with Crippen LogP contribution in [0.15, 0.2) is 35.5 Å². The predicted molar refractivity (Wildman–Crippen MR) is 71.9 cm³/mol. The summed E-state index contributed by atoms with van der Waals surface area (Å²) in [5, 5.41) is 22.8. The molecule has 1 N–H and O–H groups in total. The minimum Gasteiger partial charge on any atom is -0.387 e. The van der Waals surface area contributed by atoms with Crippen molar-refractivity contribution in [2.45, 2.75) is 19.3 Å². The fourth-order valence-electron chi connectivity index (χ4n) is 2.10. The molecule has 0 amide bonds. The minimum atomic E-state index is -0.527. The minimum absolute atomic E-state index is 0.0801. The van der Waals surface area contributed by atoms with E-state index < -0.39 is 10.7 Å². The molecule has 1 aromatic rings. The van der Waals surface area contributed by atoms with Gasteiger partial charge >= 0.3 is 0 Å². The smallest absolute Gasteiger partial charge is 0.269 e. The topological polar surface area (TPSA) is 96.0 Å². The van der Waals surface area contributed by atoms with Crippen molar-refractivity contribution < 1.29 is 9.72 Å². The van der Waals surface area contributed by atoms with Crippen LogP contribution in [0.3, 0.4) is 0 Å². The average molecular weight is 271 g/mol. The molecule has 0 bridgehead atoms. The summed E-state index contributed by atoms with van der Waals surface area (Å²) in [4.78, 5) is 22.3. The largest absolute Gasteiger partial charge is 0.387 e. The van der Waals surface area contributed by atoms with Gasteiger partial charge in [-0.3, -0.25) is 14.9 Å². The van der Waals surface area contributed by atoms with E-state index in [0.717, 1.165) is 19.4 Å². The molecule has 0 atom stereocenters. The fraction of sp³-hybridized carbons (Fsp3) is 0.286. The van der Waals surface area contributed by atoms with Gasteiger partial charge in [-0.15, -0.1) is 0 Å². The summed E-state index contributed by atoms with van der Waals surface area (Å²) in [5.74, 6) is -0.396. The zero-order chi connectivity index (χ0) is 14.5. The van der Waals surface area contributed by atoms with Gasteiger partial charge in [0.05, 0.1) is 4.92 Å². The Morgan fingerprint density at radius 1 is 1.30 bits per heavy atom. The second kappa shape index (κ2) is 5.97. The molecule has 102 valence electrons. The van der Waals surface area contributed by atoms with Crippen LogP contribution in [0.25, 0.3) is 0 Å². The van der Waals surface area contributed by atoms with Gasteiger partial charge in [0, 0.05) is 29.9 Å². The third-order valence-corrected chi connectivity index (χ3v) is 3.17. The molecule has 1 aliphatic heterocycles. The summed E-state index contributed by atoms with van der Waals surface area (Å²) in [6, 6.07) is 7.22. The first-order chi connectivity index (χ1) is 9.63. The van der Waals surface area contributed by atoms with E-state index in [-0.39, 0.29) is 16.8 Å². The number of carbonyl (C=O) groups is 1. The van der Waals surface area contributed by atoms with Crippen LogP contribution >= 0.6 is 0 Å². The molecule has 0 saturated carbocycles. The number of hydrogen-bond donors (Lipinski definition) is 1. The molecule has 6 heteroatoms. The zero-order valence-electron chi connectivity index (χ0n) is 10.8. The first-order valence-corrected chi connectivity index (χ1v) is 6.29. The van der Waals surface area contributed by atoms with E-state index in [9.17, 15) is 20.2 Å². The second-order valence-electron chi connectivity index (χ2n) is 4.48. The van der Waals surface area contributed by atoms with Gasteiger partial charge in [-0.2, -0.15) is 5.26 Å². The van der Waals surface area contributed by atoms with Gasteiger partial charge in [-0.1, -0.05) is 0 Å². The van der Waals surface area contributed by atoms with Gasteiger partial charge in [0.15, 0.2) is 0 Å². The normalized spacial score (nSPS) is 16.8. The Balaban J connectivity index is 2.29. The summed E-state index contributed by atoms with van der Waals surface area (Å²) in [6.07, 6.45) is 2.65. The Bertz CT molecular complexity index is 604. The van der Waals surface area contributed by atoms with E-state index in [2.05, 4.69) is 5.32 Å². The average Bonchev–Trinajstić information content (AvgIpc) is 2.49. The van der Waals surface area contributed by atoms with Crippen LogP contribution in [0.2, 0.25) is 0 Å². The highest BCUT2D eigenvalue weighted by atomic mass is 16.6. The van der Waals surface area contributed by atoms with Crippen LogP contribution in [0, 0.1) is 21.4 Å². The third-order valence-electron chi connectivity index (χ3n) is 3.17. The Hall–Kier alpha value is -2.68. The Kier molecular flexibility index (Phi) is 4.11. The highest BCUT2D eigenvalue weighted by Gasteiger charge is 2.19. The van der Waals surface area contributed by atoms with Crippen LogP contribution in [-0.4, -0.2) is 17.3 Å². The van der Waals surface area contributed by atoms with Crippen molar-refractivity contribution in [2.75, 3.05) is 6.54 Å². The molecule has 1 saturated heterocycles. The van der Waals surface area contributed by atoms with Crippen LogP contribution in [0.5, 0.6) is 0 Å². The SMILES string of the molecule is N#CC(C(=O)c1ccc([N+](=O)[O-])cc1)=C1CCCCN1. The number of allylic oxidation sites excluding steroid dienone is 2. The molecule has 1 aliphatic rings. The van der Waals surface area contributed by atoms with Gasteiger partial charge in [0.2, 0.25) is 5.78 Å². The van der Waals surface area contributed by atoms with Crippen molar-refractivity contribution in [3.8, 4) is 6.07 Å². The predicted octanol–water partition coefficient (Wildman–Crippen LogP) is 2.33. The van der Waals surface area contributed by atoms with E-state index in [1.165, 1.54) is 24.3 Å². The number of ketones is 1. The molecule has 0 aromatic heterocycles. The zero-order valence-corrected chi connectivity index (χ0v) is 10.8. The molecule has 1 fully saturated rings. The number of benzene rings is 1. The lowest BCUT2D eigenvalue weighted by Gasteiger charge is -2.17. The van der Waals surface area contributed by atoms with E-state index in [1.54, 1.807) is 0 Å². The summed E-state index contributed by atoms with van der Waals surface area (Å²) in [7, 11) is 0. The monoisotopic (exact) mass is 271 g/mol. The second-order valence-corrected chi connectivity index (χ2v) is 4.48. The van der Waals surface area contributed by atoms with Gasteiger partial charge in [0.25, 0.3) is 5.69 Å². The highest BCUT2D eigenvalue weighted by Crippen LogP contribution is 2.19. The van der Waals surface area contributed by atoms with E-state index in [0.29, 0.717) is 12.1 Å². The number of Topliss-reactive ketones (excluding diaryl/α,β-unsaturated/α-hetero) is 1. The lowest BCUT2D eigenvalue weighted by atomic mass is 9.98. The Morgan fingerprint density at radius 3 is 2.50 bits per heavy atom. The van der Waals surface area contributed by atoms with Crippen LogP contribution in [0.4, 0.5) is 5.69 Å². The van der Waals surface area contributed by atoms with Crippen molar-refractivity contribution in [1.82, 2.24) is 5.32 Å². The maximum Gasteiger partial charge on any atom is 0.269 e. The maximum absolute atomic E-state index is 12.3. The number of nitriles is 1. The molecular formula is C14H13N3O3. The molecule has 1 aromatic carbocycles. The number of nitrogens with zero attached hydrogens (tertiary/aromatic N) is 2. The first-order valence-electron chi connectivity index (χ1n) is 6.29. The molecular weight excluding hydrogens is 258 g/mol. The Morgan fingerprint density at radius 2 is 2.00 bits per heavy atom. The number of non-ortho nitro benzene ring substituents is 1. The molecule has 0 unspecified atom stereocenters. The molecule has 0 aliphatic carbocycles. The molecule has 2 rings (SSSR count). The fourth-order valence-corrected chi connectivity index (χ4v) is 2.10. The number of nitro groups is 1. The van der Waals surface area contributed by atoms with Crippen LogP contribution in [-0.2, 0) is 0 Å². The molecule has 0 spiro atoms. The van der Waals surface area contributed by atoms with E-state index in [4.69, 9.17) is 0 Å². The molecule has 20 heavy (non-hydrogen) atoms. The number of piperidine rings is 1. The number of nitro benzene ring substituents is 1. The standard InChI is InChI=1S/C14H13N3O3/c15-9-12(13-3-1-2-8-16-13)14(18)10-4-6-11(7-5-10)17(19)20/h4-7,16H,1-3,8H2. The lowest BCUT2D eigenvalue weighted by molar-refractivity contribution is -0.384. The summed E-state index contributed by atoms with van der Waals surface area (Å²) in [6.45, 7) is 0.758. The molecule has 6 nitrogen and oxygen atoms in total. The third kappa shape index (κ3) is 2.83. The summed E-state index contributed by atoms with van der Waals surface area (Å²) in [5.41, 5.74) is 0.969. The quantitative estimate of drug-likeness (QED) is 0.299. The van der Waals surface area contributed by atoms with Crippen molar-refractivity contribution in [3.05, 3.63) is 51.2 Å². The maximum atomic E-state index is 12.3. The summed E-state index contributed by atoms with van der Waals surface area (Å²) < 4.78 is 0. The van der Waals surface area contributed by atoms with E-state index >= 15 is 0 Å². The van der Waals surface area contributed by atoms with Crippen molar-refractivity contribution >= 4 is 11.5 Å². The highest BCUT2D eigenvalue weighted by molar-refractivity contribution is 6.11. The van der Waals surface area contributed by atoms with Gasteiger partial charge < -0.3 is 5.32 Å². The van der Waals surface area contributed by atoms with Crippen molar-refractivity contribution in [1.29, 1.82) is 5.26 Å². The van der Waals surface area contributed by atoms with Gasteiger partial charge in [-0.25, -0.2) is 0 Å². The molecule has 0 radical (unpaired) electrons. The van der Waals surface area contributed by atoms with E-state index in [1.807, 2.05) is 6.07 Å². The van der Waals surface area contributed by atoms with Crippen molar-refractivity contribution in [3.63, 3.8) is 0 Å². The number of nitrogens with one attached hydrogen (secondary N) is 1. The van der Waals surface area contributed by atoms with Gasteiger partial charge in [0.1, 0.15) is 11.6 Å². The lowest BCUT2D eigenvalue weighted by Crippen LogP contribution is -2.23. The Labute approximate surface area is 115 Å². The van der Waals surface area contributed by atoms with Crippen LogP contribution < -0.4 is 5.32 Å². The van der Waals surface area contributed by atoms with Gasteiger partial charge in [-0.05, 0) is 31.4 Å². The van der Waals surface area contributed by atoms with Crippen molar-refractivity contribution in [2.24, 2.45) is 0 Å². The summed E-state index contributed by atoms with van der Waals surface area (Å²) >= 11 is 0. The number of hydrogen-bond acceptors (Lipinski definition) is 5. The van der Waals surface area contributed by atoms with Crippen LogP contribution in [0.1, 0.15) is 29.6 Å². The number of carbonyl (C=O) groups excluding carboxylic acids is 1. The molecule has 1 heterocycles. The first kappa shape index (κ1) is 13.7.